The summed E-state index contributed by atoms with van der Waals surface area (Å²) >= 11 is 0. The van der Waals surface area contributed by atoms with Crippen molar-refractivity contribution in [2.24, 2.45) is 0 Å². The lowest BCUT2D eigenvalue weighted by Gasteiger charge is -2.07. The van der Waals surface area contributed by atoms with Gasteiger partial charge in [0.1, 0.15) is 0 Å². The van der Waals surface area contributed by atoms with Crippen LogP contribution >= 0.6 is 0 Å². The van der Waals surface area contributed by atoms with Crippen molar-refractivity contribution in [2.75, 3.05) is 10.6 Å². The van der Waals surface area contributed by atoms with Gasteiger partial charge in [-0.05, 0) is 42.5 Å². The van der Waals surface area contributed by atoms with Crippen LogP contribution in [0.2, 0.25) is 0 Å². The number of rotatable bonds is 3. The van der Waals surface area contributed by atoms with E-state index >= 15 is 0 Å². The fourth-order valence-corrected chi connectivity index (χ4v) is 2.36. The minimum atomic E-state index is -0.481. The summed E-state index contributed by atoms with van der Waals surface area (Å²) in [6.45, 7) is 1.40. The first-order chi connectivity index (χ1) is 11.4. The lowest BCUT2D eigenvalue weighted by atomic mass is 10.1. The highest BCUT2D eigenvalue weighted by atomic mass is 16.2. The van der Waals surface area contributed by atoms with Crippen LogP contribution in [0.15, 0.2) is 42.5 Å². The van der Waals surface area contributed by atoms with Gasteiger partial charge in [-0.1, -0.05) is 0 Å². The van der Waals surface area contributed by atoms with E-state index in [1.165, 1.54) is 19.1 Å². The Labute approximate surface area is 137 Å². The van der Waals surface area contributed by atoms with E-state index in [1.807, 2.05) is 0 Å². The molecule has 7 heteroatoms. The molecule has 0 saturated carbocycles. The SMILES string of the molecule is CC(=O)Nc1ccc(C(=O)Nc2ccc3c(c2)C(=O)NC3=O)cc1. The van der Waals surface area contributed by atoms with Crippen molar-refractivity contribution in [1.29, 1.82) is 0 Å². The Balaban J connectivity index is 1.76. The van der Waals surface area contributed by atoms with E-state index in [4.69, 9.17) is 0 Å². The van der Waals surface area contributed by atoms with Crippen molar-refractivity contribution in [1.82, 2.24) is 5.32 Å². The molecule has 0 bridgehead atoms. The molecule has 0 unspecified atom stereocenters. The lowest BCUT2D eigenvalue weighted by Crippen LogP contribution is -2.19. The maximum Gasteiger partial charge on any atom is 0.259 e. The molecule has 120 valence electrons. The van der Waals surface area contributed by atoms with Gasteiger partial charge in [0.15, 0.2) is 0 Å². The molecule has 1 aliphatic heterocycles. The van der Waals surface area contributed by atoms with Crippen LogP contribution < -0.4 is 16.0 Å². The van der Waals surface area contributed by atoms with Gasteiger partial charge in [-0.15, -0.1) is 0 Å². The number of carbonyl (C=O) groups excluding carboxylic acids is 4. The molecule has 0 spiro atoms. The number of fused-ring (bicyclic) bond motifs is 1. The molecule has 3 N–H and O–H groups in total. The molecule has 4 amide bonds. The van der Waals surface area contributed by atoms with E-state index in [-0.39, 0.29) is 22.9 Å². The Bertz CT molecular complexity index is 872. The third-order valence-corrected chi connectivity index (χ3v) is 3.46. The summed E-state index contributed by atoms with van der Waals surface area (Å²) < 4.78 is 0. The Hall–Kier alpha value is -3.48. The van der Waals surface area contributed by atoms with E-state index in [2.05, 4.69) is 16.0 Å². The molecule has 0 aliphatic carbocycles. The molecule has 1 aliphatic rings. The highest BCUT2D eigenvalue weighted by molar-refractivity contribution is 6.22. The van der Waals surface area contributed by atoms with Gasteiger partial charge in [0.05, 0.1) is 11.1 Å². The average molecular weight is 323 g/mol. The van der Waals surface area contributed by atoms with Crippen LogP contribution in [0, 0.1) is 0 Å². The van der Waals surface area contributed by atoms with E-state index < -0.39 is 11.8 Å². The zero-order valence-electron chi connectivity index (χ0n) is 12.7. The van der Waals surface area contributed by atoms with Crippen LogP contribution in [0.4, 0.5) is 11.4 Å². The molecule has 2 aromatic rings. The Morgan fingerprint density at radius 2 is 1.46 bits per heavy atom. The van der Waals surface area contributed by atoms with Gasteiger partial charge in [-0.3, -0.25) is 24.5 Å². The number of anilines is 2. The van der Waals surface area contributed by atoms with Gasteiger partial charge in [-0.25, -0.2) is 0 Å². The van der Waals surface area contributed by atoms with E-state index in [9.17, 15) is 19.2 Å². The molecule has 0 aromatic heterocycles. The summed E-state index contributed by atoms with van der Waals surface area (Å²) in [5.41, 5.74) is 1.92. The number of amides is 4. The minimum absolute atomic E-state index is 0.196. The molecule has 0 radical (unpaired) electrons. The molecule has 0 atom stereocenters. The number of hydrogen-bond acceptors (Lipinski definition) is 4. The molecule has 7 nitrogen and oxygen atoms in total. The van der Waals surface area contributed by atoms with Gasteiger partial charge >= 0.3 is 0 Å². The molecule has 24 heavy (non-hydrogen) atoms. The molecule has 1 heterocycles. The first-order valence-electron chi connectivity index (χ1n) is 7.13. The summed E-state index contributed by atoms with van der Waals surface area (Å²) in [5.74, 6) is -1.49. The average Bonchev–Trinajstić information content (AvgIpc) is 2.82. The van der Waals surface area contributed by atoms with Crippen LogP contribution in [-0.2, 0) is 4.79 Å². The molecular formula is C17H13N3O4. The van der Waals surface area contributed by atoms with Crippen LogP contribution in [0.3, 0.4) is 0 Å². The molecule has 0 fully saturated rings. The number of hydrogen-bond donors (Lipinski definition) is 3. The fourth-order valence-electron chi connectivity index (χ4n) is 2.36. The predicted molar refractivity (Wildman–Crippen MR) is 86.9 cm³/mol. The number of benzene rings is 2. The molecule has 3 rings (SSSR count). The van der Waals surface area contributed by atoms with E-state index in [0.717, 1.165) is 0 Å². The van der Waals surface area contributed by atoms with Crippen LogP contribution in [0.25, 0.3) is 0 Å². The van der Waals surface area contributed by atoms with Crippen LogP contribution in [0.1, 0.15) is 38.0 Å². The summed E-state index contributed by atoms with van der Waals surface area (Å²) in [6, 6.07) is 10.9. The molecule has 2 aromatic carbocycles. The van der Waals surface area contributed by atoms with Crippen LogP contribution in [0.5, 0.6) is 0 Å². The fraction of sp³-hybridized carbons (Fsp3) is 0.0588. The van der Waals surface area contributed by atoms with Crippen molar-refractivity contribution in [3.8, 4) is 0 Å². The summed E-state index contributed by atoms with van der Waals surface area (Å²) in [5, 5.41) is 7.47. The first kappa shape index (κ1) is 15.4. The van der Waals surface area contributed by atoms with Crippen molar-refractivity contribution in [3.63, 3.8) is 0 Å². The monoisotopic (exact) mass is 323 g/mol. The number of nitrogens with one attached hydrogen (secondary N) is 3. The van der Waals surface area contributed by atoms with E-state index in [0.29, 0.717) is 16.9 Å². The second-order valence-electron chi connectivity index (χ2n) is 5.26. The minimum Gasteiger partial charge on any atom is -0.326 e. The Morgan fingerprint density at radius 3 is 2.12 bits per heavy atom. The van der Waals surface area contributed by atoms with Crippen molar-refractivity contribution >= 4 is 35.0 Å². The smallest absolute Gasteiger partial charge is 0.259 e. The lowest BCUT2D eigenvalue weighted by molar-refractivity contribution is -0.114. The normalized spacial score (nSPS) is 12.4. The third-order valence-electron chi connectivity index (χ3n) is 3.46. The highest BCUT2D eigenvalue weighted by Gasteiger charge is 2.26. The van der Waals surface area contributed by atoms with Crippen molar-refractivity contribution in [3.05, 3.63) is 59.2 Å². The zero-order chi connectivity index (χ0) is 17.3. The van der Waals surface area contributed by atoms with Crippen LogP contribution in [-0.4, -0.2) is 23.6 Å². The number of imide groups is 1. The molecular weight excluding hydrogens is 310 g/mol. The quantitative estimate of drug-likeness (QED) is 0.749. The topological polar surface area (TPSA) is 104 Å². The van der Waals surface area contributed by atoms with Gasteiger partial charge in [0, 0.05) is 23.9 Å². The standard InChI is InChI=1S/C17H13N3O4/c1-9(21)18-11-4-2-10(3-5-11)15(22)19-12-6-7-13-14(8-12)17(24)20-16(13)23/h2-8H,1H3,(H,18,21)(H,19,22)(H,20,23,24). The van der Waals surface area contributed by atoms with Crippen molar-refractivity contribution < 1.29 is 19.2 Å². The largest absolute Gasteiger partial charge is 0.326 e. The number of carbonyl (C=O) groups is 4. The second kappa shape index (κ2) is 5.96. The maximum atomic E-state index is 12.2. The molecule has 0 saturated heterocycles. The summed E-state index contributed by atoms with van der Waals surface area (Å²) in [7, 11) is 0. The first-order valence-corrected chi connectivity index (χ1v) is 7.13. The van der Waals surface area contributed by atoms with Crippen molar-refractivity contribution in [2.45, 2.75) is 6.92 Å². The maximum absolute atomic E-state index is 12.2. The van der Waals surface area contributed by atoms with E-state index in [1.54, 1.807) is 30.3 Å². The van der Waals surface area contributed by atoms with Gasteiger partial charge < -0.3 is 10.6 Å². The Morgan fingerprint density at radius 1 is 0.833 bits per heavy atom. The Kier molecular flexibility index (Phi) is 3.83. The zero-order valence-corrected chi connectivity index (χ0v) is 12.7. The highest BCUT2D eigenvalue weighted by Crippen LogP contribution is 2.21. The summed E-state index contributed by atoms with van der Waals surface area (Å²) in [6.07, 6.45) is 0. The van der Waals surface area contributed by atoms with Gasteiger partial charge in [0.2, 0.25) is 5.91 Å². The van der Waals surface area contributed by atoms with Gasteiger partial charge in [-0.2, -0.15) is 0 Å². The second-order valence-corrected chi connectivity index (χ2v) is 5.26. The summed E-state index contributed by atoms with van der Waals surface area (Å²) in [4.78, 5) is 46.3. The van der Waals surface area contributed by atoms with Gasteiger partial charge in [0.25, 0.3) is 17.7 Å². The predicted octanol–water partition coefficient (Wildman–Crippen LogP) is 1.78. The third kappa shape index (κ3) is 3.00.